The summed E-state index contributed by atoms with van der Waals surface area (Å²) in [6.07, 6.45) is 4.58. The number of hydrogen-bond acceptors (Lipinski definition) is 4. The summed E-state index contributed by atoms with van der Waals surface area (Å²) in [7, 11) is 0. The molecular formula is C15H14ClN5O. The summed E-state index contributed by atoms with van der Waals surface area (Å²) in [5, 5.41) is 11.1. The predicted octanol–water partition coefficient (Wildman–Crippen LogP) is 2.79. The van der Waals surface area contributed by atoms with Crippen molar-refractivity contribution in [1.82, 2.24) is 20.2 Å². The topological polar surface area (TPSA) is 86.5 Å². The van der Waals surface area contributed by atoms with Gasteiger partial charge < -0.3 is 5.32 Å². The molecule has 0 aliphatic heterocycles. The summed E-state index contributed by atoms with van der Waals surface area (Å²) in [4.78, 5) is 19.1. The summed E-state index contributed by atoms with van der Waals surface area (Å²) in [6.45, 7) is 0. The van der Waals surface area contributed by atoms with Crippen LogP contribution in [0.25, 0.3) is 11.0 Å². The van der Waals surface area contributed by atoms with E-state index in [2.05, 4.69) is 31.5 Å². The van der Waals surface area contributed by atoms with E-state index in [0.717, 1.165) is 24.3 Å². The number of nitrogens with one attached hydrogen (secondary N) is 3. The van der Waals surface area contributed by atoms with E-state index >= 15 is 0 Å². The fraction of sp³-hybridized carbons (Fsp3) is 0.267. The molecule has 0 unspecified atom stereocenters. The summed E-state index contributed by atoms with van der Waals surface area (Å²) >= 11 is 6.12. The molecule has 4 rings (SSSR count). The molecule has 0 saturated carbocycles. The second kappa shape index (κ2) is 5.14. The largest absolute Gasteiger partial charge is 0.349 e. The van der Waals surface area contributed by atoms with Crippen LogP contribution in [0.4, 0.5) is 5.95 Å². The molecule has 112 valence electrons. The maximum absolute atomic E-state index is 12.0. The van der Waals surface area contributed by atoms with Gasteiger partial charge in [0.25, 0.3) is 5.56 Å². The van der Waals surface area contributed by atoms with E-state index in [1.54, 1.807) is 0 Å². The Balaban J connectivity index is 1.71. The van der Waals surface area contributed by atoms with Crippen LogP contribution >= 0.6 is 11.6 Å². The van der Waals surface area contributed by atoms with Crippen molar-refractivity contribution in [3.63, 3.8) is 0 Å². The number of aryl methyl sites for hydroxylation is 1. The third-order valence-corrected chi connectivity index (χ3v) is 4.29. The fourth-order valence-corrected chi connectivity index (χ4v) is 3.18. The van der Waals surface area contributed by atoms with Crippen molar-refractivity contribution in [2.24, 2.45) is 0 Å². The van der Waals surface area contributed by atoms with E-state index in [4.69, 9.17) is 11.6 Å². The van der Waals surface area contributed by atoms with E-state index in [1.807, 2.05) is 12.1 Å². The average Bonchev–Trinajstić information content (AvgIpc) is 2.97. The molecule has 0 bridgehead atoms. The summed E-state index contributed by atoms with van der Waals surface area (Å²) in [6, 6.07) is 6.06. The van der Waals surface area contributed by atoms with Crippen LogP contribution in [0.1, 0.15) is 30.0 Å². The van der Waals surface area contributed by atoms with Crippen molar-refractivity contribution in [3.05, 3.63) is 50.9 Å². The van der Waals surface area contributed by atoms with Gasteiger partial charge >= 0.3 is 0 Å². The Labute approximate surface area is 130 Å². The Morgan fingerprint density at radius 1 is 1.36 bits per heavy atom. The predicted molar refractivity (Wildman–Crippen MR) is 85.3 cm³/mol. The highest BCUT2D eigenvalue weighted by atomic mass is 35.5. The maximum Gasteiger partial charge on any atom is 0.263 e. The van der Waals surface area contributed by atoms with Crippen molar-refractivity contribution in [1.29, 1.82) is 0 Å². The lowest BCUT2D eigenvalue weighted by molar-refractivity contribution is 0.596. The lowest BCUT2D eigenvalue weighted by Crippen LogP contribution is -2.20. The molecule has 2 aromatic heterocycles. The number of aromatic amines is 2. The average molecular weight is 316 g/mol. The molecule has 0 saturated heterocycles. The Morgan fingerprint density at radius 3 is 3.18 bits per heavy atom. The van der Waals surface area contributed by atoms with Gasteiger partial charge in [-0.2, -0.15) is 10.1 Å². The van der Waals surface area contributed by atoms with E-state index in [9.17, 15) is 4.79 Å². The van der Waals surface area contributed by atoms with Gasteiger partial charge in [-0.3, -0.25) is 14.9 Å². The van der Waals surface area contributed by atoms with Crippen LogP contribution in [0.5, 0.6) is 0 Å². The number of rotatable bonds is 2. The molecule has 7 heteroatoms. The molecule has 3 N–H and O–H groups in total. The van der Waals surface area contributed by atoms with Crippen LogP contribution in [0.15, 0.2) is 29.2 Å². The summed E-state index contributed by atoms with van der Waals surface area (Å²) in [5.74, 6) is 0.444. The molecule has 0 radical (unpaired) electrons. The molecular weight excluding hydrogens is 302 g/mol. The molecule has 0 amide bonds. The number of fused-ring (bicyclic) bond motifs is 2. The second-order valence-electron chi connectivity index (χ2n) is 5.48. The number of hydrogen-bond donors (Lipinski definition) is 3. The highest BCUT2D eigenvalue weighted by Crippen LogP contribution is 2.33. The maximum atomic E-state index is 12.0. The zero-order chi connectivity index (χ0) is 15.1. The summed E-state index contributed by atoms with van der Waals surface area (Å²) < 4.78 is 0. The Kier molecular flexibility index (Phi) is 3.11. The Morgan fingerprint density at radius 2 is 2.27 bits per heavy atom. The van der Waals surface area contributed by atoms with Crippen LogP contribution in [0.2, 0.25) is 5.02 Å². The van der Waals surface area contributed by atoms with Gasteiger partial charge in [-0.25, -0.2) is 0 Å². The highest BCUT2D eigenvalue weighted by molar-refractivity contribution is 6.30. The fourth-order valence-electron chi connectivity index (χ4n) is 3.00. The molecule has 1 aromatic carbocycles. The third-order valence-electron chi connectivity index (χ3n) is 4.05. The first-order valence-electron chi connectivity index (χ1n) is 7.19. The second-order valence-corrected chi connectivity index (χ2v) is 5.92. The minimum Gasteiger partial charge on any atom is -0.349 e. The standard InChI is InChI=1S/C15H14ClN5O/c16-9-5-4-8-2-1-3-12(10(8)6-9)18-15-19-13-11(7-17-21-13)14(22)20-15/h4-7,12H,1-3H2,(H3,17,18,19,20,21,22)/t12-/m1/s1. The number of anilines is 1. The summed E-state index contributed by atoms with van der Waals surface area (Å²) in [5.41, 5.74) is 2.74. The SMILES string of the molecule is O=c1[nH]c(N[C@@H]2CCCc3ccc(Cl)cc32)nc2[nH]ncc12. The lowest BCUT2D eigenvalue weighted by atomic mass is 9.88. The van der Waals surface area contributed by atoms with Gasteiger partial charge in [-0.1, -0.05) is 17.7 Å². The van der Waals surface area contributed by atoms with Crippen molar-refractivity contribution in [2.75, 3.05) is 5.32 Å². The minimum atomic E-state index is -0.205. The monoisotopic (exact) mass is 315 g/mol. The van der Waals surface area contributed by atoms with Gasteiger partial charge in [0.05, 0.1) is 12.2 Å². The van der Waals surface area contributed by atoms with Gasteiger partial charge in [0.2, 0.25) is 5.95 Å². The highest BCUT2D eigenvalue weighted by Gasteiger charge is 2.21. The van der Waals surface area contributed by atoms with E-state index in [-0.39, 0.29) is 11.6 Å². The number of halogens is 1. The molecule has 0 spiro atoms. The van der Waals surface area contributed by atoms with E-state index in [0.29, 0.717) is 17.0 Å². The van der Waals surface area contributed by atoms with Crippen molar-refractivity contribution >= 4 is 28.6 Å². The first-order valence-corrected chi connectivity index (χ1v) is 7.57. The van der Waals surface area contributed by atoms with Crippen LogP contribution in [0.3, 0.4) is 0 Å². The number of H-pyrrole nitrogens is 2. The number of nitrogens with zero attached hydrogens (tertiary/aromatic N) is 2. The van der Waals surface area contributed by atoms with Crippen molar-refractivity contribution < 1.29 is 0 Å². The van der Waals surface area contributed by atoms with Gasteiger partial charge in [-0.15, -0.1) is 0 Å². The first kappa shape index (κ1) is 13.3. The Bertz CT molecular complexity index is 900. The van der Waals surface area contributed by atoms with Gasteiger partial charge in [0.1, 0.15) is 5.39 Å². The normalized spacial score (nSPS) is 17.4. The quantitative estimate of drug-likeness (QED) is 0.678. The zero-order valence-electron chi connectivity index (χ0n) is 11.7. The molecule has 1 aliphatic rings. The number of aromatic nitrogens is 4. The molecule has 2 heterocycles. The van der Waals surface area contributed by atoms with Crippen LogP contribution in [-0.2, 0) is 6.42 Å². The zero-order valence-corrected chi connectivity index (χ0v) is 12.4. The third kappa shape index (κ3) is 2.25. The lowest BCUT2D eigenvalue weighted by Gasteiger charge is -2.26. The molecule has 22 heavy (non-hydrogen) atoms. The molecule has 1 atom stereocenters. The molecule has 3 aromatic rings. The van der Waals surface area contributed by atoms with Gasteiger partial charge in [0.15, 0.2) is 5.65 Å². The van der Waals surface area contributed by atoms with Gasteiger partial charge in [-0.05, 0) is 42.5 Å². The number of benzene rings is 1. The smallest absolute Gasteiger partial charge is 0.263 e. The Hall–Kier alpha value is -2.34. The van der Waals surface area contributed by atoms with Crippen LogP contribution < -0.4 is 10.9 Å². The van der Waals surface area contributed by atoms with Crippen LogP contribution in [-0.4, -0.2) is 20.2 Å². The van der Waals surface area contributed by atoms with Gasteiger partial charge in [0, 0.05) is 5.02 Å². The van der Waals surface area contributed by atoms with E-state index in [1.165, 1.54) is 17.3 Å². The molecule has 0 fully saturated rings. The van der Waals surface area contributed by atoms with Crippen LogP contribution in [0, 0.1) is 0 Å². The minimum absolute atomic E-state index is 0.0889. The van der Waals surface area contributed by atoms with E-state index < -0.39 is 0 Å². The first-order chi connectivity index (χ1) is 10.7. The van der Waals surface area contributed by atoms with Crippen molar-refractivity contribution in [2.45, 2.75) is 25.3 Å². The molecule has 6 nitrogen and oxygen atoms in total. The molecule has 1 aliphatic carbocycles. The van der Waals surface area contributed by atoms with Crippen molar-refractivity contribution in [3.8, 4) is 0 Å².